The number of carbonyl (C=O) groups excluding carboxylic acids is 2. The summed E-state index contributed by atoms with van der Waals surface area (Å²) in [7, 11) is -4.20. The fourth-order valence-corrected chi connectivity index (χ4v) is 5.88. The fourth-order valence-electron chi connectivity index (χ4n) is 4.17. The molecule has 7 nitrogen and oxygen atoms in total. The van der Waals surface area contributed by atoms with Crippen LogP contribution in [0.1, 0.15) is 38.3 Å². The Morgan fingerprint density at radius 3 is 2.18 bits per heavy atom. The van der Waals surface area contributed by atoms with Gasteiger partial charge in [0.1, 0.15) is 12.6 Å². The number of hydrogen-bond acceptors (Lipinski definition) is 4. The summed E-state index contributed by atoms with van der Waals surface area (Å²) in [5.41, 5.74) is 2.03. The molecule has 10 heteroatoms. The molecule has 0 aliphatic rings. The summed E-state index contributed by atoms with van der Waals surface area (Å²) in [4.78, 5) is 28.6. The number of carbonyl (C=O) groups is 2. The molecule has 208 valence electrons. The molecule has 0 spiro atoms. The number of nitrogens with zero attached hydrogens (tertiary/aromatic N) is 2. The first kappa shape index (κ1) is 30.5. The van der Waals surface area contributed by atoms with Crippen LogP contribution in [0.4, 0.5) is 5.69 Å². The Morgan fingerprint density at radius 1 is 0.923 bits per heavy atom. The minimum absolute atomic E-state index is 0.0327. The molecule has 0 bridgehead atoms. The molecule has 0 radical (unpaired) electrons. The Morgan fingerprint density at radius 2 is 1.59 bits per heavy atom. The molecule has 3 rings (SSSR count). The second kappa shape index (κ2) is 13.3. The van der Waals surface area contributed by atoms with Crippen molar-refractivity contribution < 1.29 is 18.0 Å². The van der Waals surface area contributed by atoms with E-state index in [9.17, 15) is 18.0 Å². The topological polar surface area (TPSA) is 86.8 Å². The number of aryl methyl sites for hydroxylation is 1. The van der Waals surface area contributed by atoms with E-state index in [2.05, 4.69) is 5.32 Å². The number of benzene rings is 3. The summed E-state index contributed by atoms with van der Waals surface area (Å²) >= 11 is 12.2. The van der Waals surface area contributed by atoms with Crippen LogP contribution in [0, 0.1) is 6.92 Å². The maximum absolute atomic E-state index is 14.0. The fraction of sp³-hybridized carbons (Fsp3) is 0.310. The van der Waals surface area contributed by atoms with E-state index in [1.165, 1.54) is 35.2 Å². The first-order valence-corrected chi connectivity index (χ1v) is 14.8. The third-order valence-electron chi connectivity index (χ3n) is 6.20. The SMILES string of the molecule is CC[C@H](C(=O)NC(C)C)N(Cc1ccccc1C)C(=O)CN(c1cccc(Cl)c1)S(=O)(=O)c1ccc(Cl)cc1. The lowest BCUT2D eigenvalue weighted by molar-refractivity contribution is -0.140. The molecule has 0 unspecified atom stereocenters. The molecular weight excluding hydrogens is 557 g/mol. The average Bonchev–Trinajstić information content (AvgIpc) is 2.87. The van der Waals surface area contributed by atoms with Gasteiger partial charge >= 0.3 is 0 Å². The summed E-state index contributed by atoms with van der Waals surface area (Å²) in [5, 5.41) is 3.58. The lowest BCUT2D eigenvalue weighted by Gasteiger charge is -2.34. The third kappa shape index (κ3) is 7.75. The zero-order valence-electron chi connectivity index (χ0n) is 22.4. The largest absolute Gasteiger partial charge is 0.352 e. The molecule has 0 heterocycles. The van der Waals surface area contributed by atoms with E-state index in [1.807, 2.05) is 52.0 Å². The maximum Gasteiger partial charge on any atom is 0.264 e. The van der Waals surface area contributed by atoms with E-state index in [4.69, 9.17) is 23.2 Å². The number of nitrogens with one attached hydrogen (secondary N) is 1. The van der Waals surface area contributed by atoms with Crippen molar-refractivity contribution in [2.24, 2.45) is 0 Å². The first-order chi connectivity index (χ1) is 18.4. The van der Waals surface area contributed by atoms with Gasteiger partial charge in [0.25, 0.3) is 10.0 Å². The van der Waals surface area contributed by atoms with Gasteiger partial charge in [-0.2, -0.15) is 0 Å². The van der Waals surface area contributed by atoms with E-state index in [-0.39, 0.29) is 29.1 Å². The van der Waals surface area contributed by atoms with Gasteiger partial charge in [0, 0.05) is 22.6 Å². The summed E-state index contributed by atoms with van der Waals surface area (Å²) in [6, 6.07) is 18.6. The van der Waals surface area contributed by atoms with Crippen LogP contribution in [-0.4, -0.2) is 43.8 Å². The molecule has 39 heavy (non-hydrogen) atoms. The van der Waals surface area contributed by atoms with E-state index in [0.29, 0.717) is 16.5 Å². The lowest BCUT2D eigenvalue weighted by atomic mass is 10.1. The van der Waals surface area contributed by atoms with Gasteiger partial charge < -0.3 is 10.2 Å². The van der Waals surface area contributed by atoms with Crippen LogP contribution in [0.5, 0.6) is 0 Å². The second-order valence-corrected chi connectivity index (χ2v) is 12.2. The summed E-state index contributed by atoms with van der Waals surface area (Å²) in [6.07, 6.45) is 0.345. The number of sulfonamides is 1. The Labute approximate surface area is 240 Å². The summed E-state index contributed by atoms with van der Waals surface area (Å²) < 4.78 is 28.7. The highest BCUT2D eigenvalue weighted by molar-refractivity contribution is 7.92. The van der Waals surface area contributed by atoms with Crippen LogP contribution in [-0.2, 0) is 26.2 Å². The minimum atomic E-state index is -4.20. The van der Waals surface area contributed by atoms with Gasteiger partial charge in [-0.25, -0.2) is 8.42 Å². The Hall–Kier alpha value is -3.07. The highest BCUT2D eigenvalue weighted by Gasteiger charge is 2.34. The highest BCUT2D eigenvalue weighted by atomic mass is 35.5. The van der Waals surface area contributed by atoms with Crippen molar-refractivity contribution in [1.29, 1.82) is 0 Å². The molecule has 0 saturated heterocycles. The van der Waals surface area contributed by atoms with Gasteiger partial charge in [-0.15, -0.1) is 0 Å². The van der Waals surface area contributed by atoms with E-state index in [0.717, 1.165) is 15.4 Å². The van der Waals surface area contributed by atoms with Gasteiger partial charge in [-0.1, -0.05) is 60.5 Å². The molecule has 2 amide bonds. The maximum atomic E-state index is 14.0. The zero-order valence-corrected chi connectivity index (χ0v) is 24.7. The normalized spacial score (nSPS) is 12.2. The highest BCUT2D eigenvalue weighted by Crippen LogP contribution is 2.28. The Kier molecular flexibility index (Phi) is 10.4. The van der Waals surface area contributed by atoms with Gasteiger partial charge in [0.2, 0.25) is 11.8 Å². The van der Waals surface area contributed by atoms with Crippen molar-refractivity contribution in [3.63, 3.8) is 0 Å². The second-order valence-electron chi connectivity index (χ2n) is 9.48. The molecule has 0 aromatic heterocycles. The van der Waals surface area contributed by atoms with E-state index < -0.39 is 28.5 Å². The lowest BCUT2D eigenvalue weighted by Crippen LogP contribution is -2.53. The average molecular weight is 591 g/mol. The van der Waals surface area contributed by atoms with Crippen LogP contribution in [0.25, 0.3) is 0 Å². The standard InChI is InChI=1S/C29H33Cl2N3O4S/c1-5-27(29(36)32-20(2)3)33(18-22-10-7-6-9-21(22)4)28(35)19-34(25-12-8-11-24(31)17-25)39(37,38)26-15-13-23(30)14-16-26/h6-17,20,27H,5,18-19H2,1-4H3,(H,32,36)/t27-/m1/s1. The van der Waals surface area contributed by atoms with Crippen molar-refractivity contribution in [1.82, 2.24) is 10.2 Å². The predicted octanol–water partition coefficient (Wildman–Crippen LogP) is 5.83. The molecule has 1 N–H and O–H groups in total. The number of amides is 2. The molecule has 0 fully saturated rings. The van der Waals surface area contributed by atoms with E-state index >= 15 is 0 Å². The number of hydrogen-bond donors (Lipinski definition) is 1. The molecule has 3 aromatic rings. The monoisotopic (exact) mass is 589 g/mol. The Bertz CT molecular complexity index is 1410. The third-order valence-corrected chi connectivity index (χ3v) is 8.47. The van der Waals surface area contributed by atoms with E-state index in [1.54, 1.807) is 18.2 Å². The molecule has 0 aliphatic carbocycles. The van der Waals surface area contributed by atoms with Crippen LogP contribution in [0.3, 0.4) is 0 Å². The van der Waals surface area contributed by atoms with Crippen LogP contribution >= 0.6 is 23.2 Å². The van der Waals surface area contributed by atoms with Gasteiger partial charge in [0.05, 0.1) is 10.6 Å². The van der Waals surface area contributed by atoms with Crippen LogP contribution < -0.4 is 9.62 Å². The van der Waals surface area contributed by atoms with Crippen molar-refractivity contribution in [2.45, 2.75) is 57.6 Å². The molecular formula is C29H33Cl2N3O4S. The molecule has 3 aromatic carbocycles. The molecule has 0 saturated carbocycles. The van der Waals surface area contributed by atoms with Crippen molar-refractivity contribution in [2.75, 3.05) is 10.8 Å². The zero-order chi connectivity index (χ0) is 28.7. The van der Waals surface area contributed by atoms with Gasteiger partial charge in [-0.3, -0.25) is 13.9 Å². The number of rotatable bonds is 11. The first-order valence-electron chi connectivity index (χ1n) is 12.6. The van der Waals surface area contributed by atoms with Crippen LogP contribution in [0.2, 0.25) is 10.0 Å². The molecule has 0 aliphatic heterocycles. The summed E-state index contributed by atoms with van der Waals surface area (Å²) in [5.74, 6) is -0.828. The summed E-state index contributed by atoms with van der Waals surface area (Å²) in [6.45, 7) is 7.04. The number of halogens is 2. The van der Waals surface area contributed by atoms with Crippen molar-refractivity contribution >= 4 is 50.7 Å². The molecule has 1 atom stereocenters. The van der Waals surface area contributed by atoms with Crippen LogP contribution in [0.15, 0.2) is 77.7 Å². The van der Waals surface area contributed by atoms with Gasteiger partial charge in [-0.05, 0) is 80.8 Å². The van der Waals surface area contributed by atoms with Gasteiger partial charge in [0.15, 0.2) is 0 Å². The number of anilines is 1. The predicted molar refractivity (Wildman–Crippen MR) is 157 cm³/mol. The Balaban J connectivity index is 2.08. The van der Waals surface area contributed by atoms with Crippen molar-refractivity contribution in [3.8, 4) is 0 Å². The minimum Gasteiger partial charge on any atom is -0.352 e. The van der Waals surface area contributed by atoms with Crippen molar-refractivity contribution in [3.05, 3.63) is 94.0 Å². The quantitative estimate of drug-likeness (QED) is 0.305. The smallest absolute Gasteiger partial charge is 0.264 e.